The van der Waals surface area contributed by atoms with Gasteiger partial charge in [0, 0.05) is 72.3 Å². The summed E-state index contributed by atoms with van der Waals surface area (Å²) >= 11 is 1.53. The van der Waals surface area contributed by atoms with Crippen LogP contribution in [0.5, 0.6) is 0 Å². The molecule has 10 nitrogen and oxygen atoms in total. The minimum Gasteiger partial charge on any atom is -0.369 e. The van der Waals surface area contributed by atoms with E-state index >= 15 is 0 Å². The first-order valence-corrected chi connectivity index (χ1v) is 16.3. The lowest BCUT2D eigenvalue weighted by atomic mass is 10.1. The van der Waals surface area contributed by atoms with Gasteiger partial charge in [0.1, 0.15) is 5.65 Å². The summed E-state index contributed by atoms with van der Waals surface area (Å²) in [6.45, 7) is 9.51. The Balaban J connectivity index is 1.14. The van der Waals surface area contributed by atoms with Crippen LogP contribution >= 0.6 is 11.3 Å². The number of fused-ring (bicyclic) bond motifs is 1. The number of piperazine rings is 1. The highest BCUT2D eigenvalue weighted by atomic mass is 32.1. The molecule has 0 atom stereocenters. The number of rotatable bonds is 9. The zero-order valence-corrected chi connectivity index (χ0v) is 26.7. The Hall–Kier alpha value is -5.13. The van der Waals surface area contributed by atoms with Crippen LogP contribution in [0.15, 0.2) is 91.4 Å². The second kappa shape index (κ2) is 13.1. The van der Waals surface area contributed by atoms with E-state index in [1.807, 2.05) is 66.1 Å². The van der Waals surface area contributed by atoms with Crippen LogP contribution < -0.4 is 15.5 Å². The maximum atomic E-state index is 12.8. The van der Waals surface area contributed by atoms with Crippen molar-refractivity contribution in [2.45, 2.75) is 20.3 Å². The fraction of sp³-hybridized carbons (Fsp3) is 0.229. The quantitative estimate of drug-likeness (QED) is 0.192. The van der Waals surface area contributed by atoms with Crippen molar-refractivity contribution in [3.05, 3.63) is 101 Å². The van der Waals surface area contributed by atoms with Crippen LogP contribution in [0.2, 0.25) is 0 Å². The highest BCUT2D eigenvalue weighted by Crippen LogP contribution is 2.33. The molecule has 0 radical (unpaired) electrons. The molecule has 0 unspecified atom stereocenters. The van der Waals surface area contributed by atoms with Crippen LogP contribution in [0.4, 0.5) is 23.0 Å². The maximum absolute atomic E-state index is 12.8. The highest BCUT2D eigenvalue weighted by Gasteiger charge is 2.19. The average Bonchev–Trinajstić information content (AvgIpc) is 3.68. The van der Waals surface area contributed by atoms with E-state index in [-0.39, 0.29) is 12.3 Å². The van der Waals surface area contributed by atoms with Crippen LogP contribution in [0, 0.1) is 6.92 Å². The van der Waals surface area contributed by atoms with Crippen molar-refractivity contribution in [2.75, 3.05) is 48.3 Å². The Morgan fingerprint density at radius 3 is 2.54 bits per heavy atom. The number of hydrogen-bond acceptors (Lipinski definition) is 9. The molecule has 46 heavy (non-hydrogen) atoms. The van der Waals surface area contributed by atoms with Gasteiger partial charge in [0.25, 0.3) is 0 Å². The van der Waals surface area contributed by atoms with Gasteiger partial charge < -0.3 is 20.4 Å². The minimum atomic E-state index is -0.0883. The predicted octanol–water partition coefficient (Wildman–Crippen LogP) is 6.29. The summed E-state index contributed by atoms with van der Waals surface area (Å²) in [6, 6.07) is 24.0. The van der Waals surface area contributed by atoms with E-state index in [0.29, 0.717) is 11.6 Å². The SMILES string of the molecule is CCN1CCN(c2ccc(Nc3nccc(-c4c(-c5cccc(NC(=O)Cc6cnc(C)s6)c5)nc5ccccn45)n3)cc2)CC1. The Morgan fingerprint density at radius 2 is 1.76 bits per heavy atom. The molecule has 7 rings (SSSR count). The second-order valence-electron chi connectivity index (χ2n) is 11.2. The van der Waals surface area contributed by atoms with Crippen molar-refractivity contribution in [1.82, 2.24) is 29.2 Å². The van der Waals surface area contributed by atoms with Gasteiger partial charge in [0.2, 0.25) is 11.9 Å². The topological polar surface area (TPSA) is 104 Å². The van der Waals surface area contributed by atoms with E-state index in [1.54, 1.807) is 12.4 Å². The van der Waals surface area contributed by atoms with Crippen molar-refractivity contribution < 1.29 is 4.79 Å². The molecule has 1 amide bonds. The number of nitrogens with zero attached hydrogens (tertiary/aromatic N) is 7. The summed E-state index contributed by atoms with van der Waals surface area (Å²) in [7, 11) is 0. The molecule has 2 aromatic carbocycles. The third kappa shape index (κ3) is 6.46. The van der Waals surface area contributed by atoms with Gasteiger partial charge in [-0.2, -0.15) is 0 Å². The molecule has 0 spiro atoms. The summed E-state index contributed by atoms with van der Waals surface area (Å²) in [5.74, 6) is 0.410. The lowest BCUT2D eigenvalue weighted by molar-refractivity contribution is -0.115. The van der Waals surface area contributed by atoms with Gasteiger partial charge in [-0.05, 0) is 68.1 Å². The van der Waals surface area contributed by atoms with Crippen LogP contribution in [0.25, 0.3) is 28.3 Å². The molecular formula is C35H35N9OS. The molecule has 232 valence electrons. The average molecular weight is 630 g/mol. The number of thiazole rings is 1. The van der Waals surface area contributed by atoms with Gasteiger partial charge in [-0.1, -0.05) is 25.1 Å². The monoisotopic (exact) mass is 629 g/mol. The van der Waals surface area contributed by atoms with Gasteiger partial charge in [-0.15, -0.1) is 11.3 Å². The first-order valence-electron chi connectivity index (χ1n) is 15.5. The molecule has 0 bridgehead atoms. The minimum absolute atomic E-state index is 0.0883. The number of pyridine rings is 1. The van der Waals surface area contributed by atoms with E-state index in [2.05, 4.69) is 61.6 Å². The second-order valence-corrected chi connectivity index (χ2v) is 12.6. The number of benzene rings is 2. The molecule has 0 aliphatic carbocycles. The van der Waals surface area contributed by atoms with Crippen LogP contribution in [-0.4, -0.2) is 67.9 Å². The van der Waals surface area contributed by atoms with E-state index in [0.717, 1.165) is 76.6 Å². The van der Waals surface area contributed by atoms with Crippen LogP contribution in [-0.2, 0) is 11.2 Å². The number of carbonyl (C=O) groups is 1. The molecule has 1 saturated heterocycles. The Bertz CT molecular complexity index is 1980. The normalized spacial score (nSPS) is 13.7. The van der Waals surface area contributed by atoms with Gasteiger partial charge in [-0.25, -0.2) is 19.9 Å². The van der Waals surface area contributed by atoms with Crippen molar-refractivity contribution in [1.29, 1.82) is 0 Å². The Kier molecular flexibility index (Phi) is 8.41. The van der Waals surface area contributed by atoms with E-state index < -0.39 is 0 Å². The number of nitrogens with one attached hydrogen (secondary N) is 2. The van der Waals surface area contributed by atoms with Crippen LogP contribution in [0.3, 0.4) is 0 Å². The molecule has 0 saturated carbocycles. The molecule has 6 aromatic rings. The molecule has 5 heterocycles. The first kappa shape index (κ1) is 29.6. The zero-order valence-electron chi connectivity index (χ0n) is 25.8. The van der Waals surface area contributed by atoms with E-state index in [1.165, 1.54) is 17.0 Å². The smallest absolute Gasteiger partial charge is 0.229 e. The van der Waals surface area contributed by atoms with Crippen molar-refractivity contribution >= 4 is 45.9 Å². The Labute approximate surface area is 271 Å². The largest absolute Gasteiger partial charge is 0.369 e. The predicted molar refractivity (Wildman–Crippen MR) is 185 cm³/mol. The van der Waals surface area contributed by atoms with E-state index in [4.69, 9.17) is 9.97 Å². The van der Waals surface area contributed by atoms with Gasteiger partial charge >= 0.3 is 0 Å². The molecular weight excluding hydrogens is 595 g/mol. The molecule has 1 aliphatic heterocycles. The fourth-order valence-corrected chi connectivity index (χ4v) is 6.59. The van der Waals surface area contributed by atoms with Crippen molar-refractivity contribution in [2.24, 2.45) is 0 Å². The molecule has 1 aliphatic rings. The number of hydrogen-bond donors (Lipinski definition) is 2. The van der Waals surface area contributed by atoms with Gasteiger partial charge in [0.05, 0.1) is 28.5 Å². The third-order valence-electron chi connectivity index (χ3n) is 8.16. The number of amides is 1. The molecule has 4 aromatic heterocycles. The zero-order chi connectivity index (χ0) is 31.5. The Morgan fingerprint density at radius 1 is 0.913 bits per heavy atom. The standard InChI is InChI=1S/C35H35N9OS/c1-3-42-17-19-43(20-18-42)28-12-10-26(11-13-28)39-35-36-15-14-30(40-35)34-33(41-31-9-4-5-16-44(31)34)25-7-6-8-27(21-25)38-32(45)22-29-23-37-24(2)46-29/h4-16,21,23H,3,17-20,22H2,1-2H3,(H,38,45)(H,36,39,40). The summed E-state index contributed by atoms with van der Waals surface area (Å²) in [6.07, 6.45) is 5.79. The summed E-state index contributed by atoms with van der Waals surface area (Å²) in [4.78, 5) is 37.3. The third-order valence-corrected chi connectivity index (χ3v) is 9.07. The maximum Gasteiger partial charge on any atom is 0.229 e. The molecule has 1 fully saturated rings. The van der Waals surface area contributed by atoms with Crippen molar-refractivity contribution in [3.8, 4) is 22.6 Å². The number of anilines is 4. The molecule has 2 N–H and O–H groups in total. The molecule has 11 heteroatoms. The number of aromatic nitrogens is 5. The van der Waals surface area contributed by atoms with Crippen LogP contribution in [0.1, 0.15) is 16.8 Å². The summed E-state index contributed by atoms with van der Waals surface area (Å²) in [5, 5.41) is 7.36. The number of aryl methyl sites for hydroxylation is 1. The van der Waals surface area contributed by atoms with Gasteiger partial charge in [-0.3, -0.25) is 9.20 Å². The number of imidazole rings is 1. The summed E-state index contributed by atoms with van der Waals surface area (Å²) in [5.41, 5.74) is 6.84. The lowest BCUT2D eigenvalue weighted by Gasteiger charge is -2.35. The number of carbonyl (C=O) groups excluding carboxylic acids is 1. The van der Waals surface area contributed by atoms with E-state index in [9.17, 15) is 4.79 Å². The highest BCUT2D eigenvalue weighted by molar-refractivity contribution is 7.11. The van der Waals surface area contributed by atoms with Gasteiger partial charge in [0.15, 0.2) is 0 Å². The lowest BCUT2D eigenvalue weighted by Crippen LogP contribution is -2.46. The van der Waals surface area contributed by atoms with Crippen molar-refractivity contribution in [3.63, 3.8) is 0 Å². The first-order chi connectivity index (χ1) is 22.5. The fourth-order valence-electron chi connectivity index (χ4n) is 5.79. The summed E-state index contributed by atoms with van der Waals surface area (Å²) < 4.78 is 2.03. The number of likely N-dealkylation sites (N-methyl/N-ethyl adjacent to an activating group) is 1.